The number of rotatable bonds is 8. The van der Waals surface area contributed by atoms with Gasteiger partial charge in [0, 0.05) is 29.7 Å². The van der Waals surface area contributed by atoms with Crippen molar-refractivity contribution in [3.8, 4) is 11.5 Å². The highest BCUT2D eigenvalue weighted by Crippen LogP contribution is 2.43. The van der Waals surface area contributed by atoms with Gasteiger partial charge in [0.05, 0.1) is 11.5 Å². The molecule has 1 aliphatic heterocycles. The van der Waals surface area contributed by atoms with Crippen molar-refractivity contribution in [1.82, 2.24) is 14.8 Å². The Morgan fingerprint density at radius 3 is 2.70 bits per heavy atom. The number of benzene rings is 2. The lowest BCUT2D eigenvalue weighted by molar-refractivity contribution is -0.384. The van der Waals surface area contributed by atoms with Gasteiger partial charge in [-0.15, -0.1) is 0 Å². The fourth-order valence-corrected chi connectivity index (χ4v) is 3.69. The molecule has 0 N–H and O–H groups in total. The van der Waals surface area contributed by atoms with E-state index in [1.165, 1.54) is 29.5 Å². The van der Waals surface area contributed by atoms with E-state index in [9.17, 15) is 14.9 Å². The van der Waals surface area contributed by atoms with Crippen molar-refractivity contribution >= 4 is 23.2 Å². The monoisotopic (exact) mass is 448 g/mol. The Morgan fingerprint density at radius 1 is 1.30 bits per heavy atom. The van der Waals surface area contributed by atoms with Gasteiger partial charge in [0.25, 0.3) is 5.69 Å². The molecule has 0 atom stereocenters. The van der Waals surface area contributed by atoms with Crippen molar-refractivity contribution in [2.45, 2.75) is 39.2 Å². The molecule has 2 heterocycles. The second-order valence-corrected chi connectivity index (χ2v) is 8.40. The molecule has 9 nitrogen and oxygen atoms in total. The van der Waals surface area contributed by atoms with Crippen molar-refractivity contribution in [3.05, 3.63) is 75.9 Å². The quantitative estimate of drug-likeness (QED) is 0.215. The Balaban J connectivity index is 1.76. The highest BCUT2D eigenvalue weighted by Gasteiger charge is 2.34. The number of ether oxygens (including phenoxy) is 2. The Labute approximate surface area is 190 Å². The zero-order valence-electron chi connectivity index (χ0n) is 18.6. The number of carbonyl (C=O) groups excluding carboxylic acids is 1. The third-order valence-electron chi connectivity index (χ3n) is 5.16. The molecular weight excluding hydrogens is 424 g/mol. The van der Waals surface area contributed by atoms with E-state index in [0.717, 1.165) is 12.0 Å². The van der Waals surface area contributed by atoms with Crippen LogP contribution in [0.5, 0.6) is 11.5 Å². The maximum absolute atomic E-state index is 13.6. The first-order chi connectivity index (χ1) is 15.8. The Bertz CT molecular complexity index is 1210. The minimum atomic E-state index is -0.469. The minimum absolute atomic E-state index is 0.0280. The number of Topliss-reactive ketones (excluding diaryl/α,β-unsaturated/α-hetero) is 1. The first-order valence-corrected chi connectivity index (χ1v) is 10.6. The zero-order chi connectivity index (χ0) is 23.6. The molecule has 3 aromatic rings. The molecule has 0 amide bonds. The van der Waals surface area contributed by atoms with Gasteiger partial charge >= 0.3 is 0 Å². The molecule has 1 aromatic heterocycles. The molecule has 170 valence electrons. The van der Waals surface area contributed by atoms with E-state index in [2.05, 4.69) is 10.1 Å². The summed E-state index contributed by atoms with van der Waals surface area (Å²) in [6.45, 7) is 6.50. The van der Waals surface area contributed by atoms with Crippen LogP contribution in [0.25, 0.3) is 11.8 Å². The summed E-state index contributed by atoms with van der Waals surface area (Å²) in [5.74, 6) is 0.927. The summed E-state index contributed by atoms with van der Waals surface area (Å²) in [7, 11) is 0. The molecule has 0 bridgehead atoms. The topological polar surface area (TPSA) is 109 Å². The van der Waals surface area contributed by atoms with Crippen LogP contribution >= 0.6 is 0 Å². The minimum Gasteiger partial charge on any atom is -0.490 e. The van der Waals surface area contributed by atoms with Gasteiger partial charge in [-0.3, -0.25) is 14.9 Å². The maximum Gasteiger partial charge on any atom is 0.269 e. The van der Waals surface area contributed by atoms with Crippen LogP contribution in [0.2, 0.25) is 0 Å². The number of hydrogen-bond acceptors (Lipinski definition) is 7. The third kappa shape index (κ3) is 4.77. The van der Waals surface area contributed by atoms with Crippen molar-refractivity contribution in [2.24, 2.45) is 0 Å². The average molecular weight is 448 g/mol. The molecular formula is C24H24N4O5. The molecule has 0 spiro atoms. The number of nitrogens with zero attached hydrogens (tertiary/aromatic N) is 4. The van der Waals surface area contributed by atoms with Crippen LogP contribution in [-0.2, 0) is 6.42 Å². The number of ketones is 1. The Hall–Kier alpha value is -4.01. The first-order valence-electron chi connectivity index (χ1n) is 10.6. The van der Waals surface area contributed by atoms with E-state index in [0.29, 0.717) is 35.7 Å². The van der Waals surface area contributed by atoms with Crippen LogP contribution in [0, 0.1) is 10.1 Å². The molecule has 0 fully saturated rings. The molecule has 0 unspecified atom stereocenters. The zero-order valence-corrected chi connectivity index (χ0v) is 18.6. The summed E-state index contributed by atoms with van der Waals surface area (Å²) in [6, 6.07) is 9.46. The van der Waals surface area contributed by atoms with Gasteiger partial charge < -0.3 is 9.47 Å². The highest BCUT2D eigenvalue weighted by atomic mass is 16.6. The molecule has 4 rings (SSSR count). The number of hydrogen-bond donors (Lipinski definition) is 0. The predicted molar refractivity (Wildman–Crippen MR) is 122 cm³/mol. The number of aromatic nitrogens is 3. The maximum atomic E-state index is 13.6. The van der Waals surface area contributed by atoms with Crippen LogP contribution in [0.15, 0.2) is 49.1 Å². The SMILES string of the molecule is CCCOc1cc(C(=O)C(=Cc2ccc([N+](=O)[O-])cc2)n2cncn2)cc2c1OC(C)(C)C2. The Morgan fingerprint density at radius 2 is 2.06 bits per heavy atom. The predicted octanol–water partition coefficient (Wildman–Crippen LogP) is 4.57. The number of fused-ring (bicyclic) bond motifs is 1. The number of allylic oxidation sites excluding steroid dienone is 1. The van der Waals surface area contributed by atoms with Crippen LogP contribution < -0.4 is 9.47 Å². The van der Waals surface area contributed by atoms with Gasteiger partial charge in [-0.25, -0.2) is 9.67 Å². The van der Waals surface area contributed by atoms with E-state index in [1.54, 1.807) is 24.3 Å². The van der Waals surface area contributed by atoms with E-state index >= 15 is 0 Å². The van der Waals surface area contributed by atoms with Gasteiger partial charge in [0.15, 0.2) is 11.5 Å². The smallest absolute Gasteiger partial charge is 0.269 e. The number of nitro groups is 1. The molecule has 0 radical (unpaired) electrons. The molecule has 1 aliphatic rings. The summed E-state index contributed by atoms with van der Waals surface area (Å²) >= 11 is 0. The average Bonchev–Trinajstić information content (AvgIpc) is 3.42. The van der Waals surface area contributed by atoms with Crippen molar-refractivity contribution < 1.29 is 19.2 Å². The summed E-state index contributed by atoms with van der Waals surface area (Å²) in [6.07, 6.45) is 5.87. The molecule has 0 aliphatic carbocycles. The number of nitro benzene ring substituents is 1. The lowest BCUT2D eigenvalue weighted by Gasteiger charge is -2.18. The van der Waals surface area contributed by atoms with Gasteiger partial charge in [-0.05, 0) is 56.2 Å². The van der Waals surface area contributed by atoms with Crippen LogP contribution in [0.3, 0.4) is 0 Å². The van der Waals surface area contributed by atoms with E-state index in [1.807, 2.05) is 26.8 Å². The van der Waals surface area contributed by atoms with Gasteiger partial charge in [0.2, 0.25) is 5.78 Å². The Kier molecular flexibility index (Phi) is 5.95. The summed E-state index contributed by atoms with van der Waals surface area (Å²) < 4.78 is 13.4. The van der Waals surface area contributed by atoms with E-state index in [-0.39, 0.29) is 17.2 Å². The normalized spacial score (nSPS) is 14.5. The lowest BCUT2D eigenvalue weighted by atomic mass is 9.97. The van der Waals surface area contributed by atoms with E-state index < -0.39 is 10.5 Å². The number of carbonyl (C=O) groups is 1. The van der Waals surface area contributed by atoms with Crippen molar-refractivity contribution in [2.75, 3.05) is 6.61 Å². The molecule has 0 saturated carbocycles. The van der Waals surface area contributed by atoms with E-state index in [4.69, 9.17) is 9.47 Å². The molecule has 0 saturated heterocycles. The van der Waals surface area contributed by atoms with Crippen LogP contribution in [0.4, 0.5) is 5.69 Å². The summed E-state index contributed by atoms with van der Waals surface area (Å²) in [4.78, 5) is 28.1. The van der Waals surface area contributed by atoms with Crippen LogP contribution in [0.1, 0.15) is 48.7 Å². The standard InChI is InChI=1S/C24H24N4O5/c1-4-9-32-21-12-17(11-18-13-24(2,3)33-23(18)21)22(29)20(27-15-25-14-26-27)10-16-5-7-19(8-6-16)28(30)31/h5-8,10-12,14-15H,4,9,13H2,1-3H3. The van der Waals surface area contributed by atoms with Crippen LogP contribution in [-0.4, -0.2) is 37.7 Å². The highest BCUT2D eigenvalue weighted by molar-refractivity contribution is 6.28. The summed E-state index contributed by atoms with van der Waals surface area (Å²) in [5, 5.41) is 15.1. The van der Waals surface area contributed by atoms with Gasteiger partial charge in [-0.2, -0.15) is 5.10 Å². The summed E-state index contributed by atoms with van der Waals surface area (Å²) in [5.41, 5.74) is 1.79. The van der Waals surface area contributed by atoms with Crippen molar-refractivity contribution in [3.63, 3.8) is 0 Å². The van der Waals surface area contributed by atoms with Gasteiger partial charge in [-0.1, -0.05) is 6.92 Å². The fraction of sp³-hybridized carbons (Fsp3) is 0.292. The largest absolute Gasteiger partial charge is 0.490 e. The van der Waals surface area contributed by atoms with Gasteiger partial charge in [0.1, 0.15) is 24.0 Å². The second kappa shape index (κ2) is 8.85. The second-order valence-electron chi connectivity index (χ2n) is 8.40. The third-order valence-corrected chi connectivity index (χ3v) is 5.16. The molecule has 2 aromatic carbocycles. The molecule has 9 heteroatoms. The fourth-order valence-electron chi connectivity index (χ4n) is 3.69. The molecule has 33 heavy (non-hydrogen) atoms. The lowest BCUT2D eigenvalue weighted by Crippen LogP contribution is -2.24. The number of non-ortho nitro benzene ring substituents is 1. The first kappa shape index (κ1) is 22.2. The van der Waals surface area contributed by atoms with Crippen molar-refractivity contribution in [1.29, 1.82) is 0 Å².